The van der Waals surface area contributed by atoms with E-state index in [1.54, 1.807) is 12.2 Å². The number of para-hydroxylation sites is 1. The molecule has 1 aromatic rings. The third kappa shape index (κ3) is 3.21. The van der Waals surface area contributed by atoms with E-state index >= 15 is 0 Å². The lowest BCUT2D eigenvalue weighted by Crippen LogP contribution is -2.49. The van der Waals surface area contributed by atoms with E-state index in [1.807, 2.05) is 30.3 Å². The predicted octanol–water partition coefficient (Wildman–Crippen LogP) is 1.10. The van der Waals surface area contributed by atoms with Gasteiger partial charge in [-0.3, -0.25) is 4.79 Å². The fourth-order valence-electron chi connectivity index (χ4n) is 1.87. The number of nitrogens with two attached hydrogens (primary N) is 2. The van der Waals surface area contributed by atoms with E-state index in [9.17, 15) is 4.79 Å². The number of rotatable bonds is 3. The average Bonchev–Trinajstić information content (AvgIpc) is 2.38. The molecule has 0 radical (unpaired) electrons. The number of carbonyl (C=O) groups is 1. The van der Waals surface area contributed by atoms with Crippen LogP contribution in [-0.4, -0.2) is 18.7 Å². The summed E-state index contributed by atoms with van der Waals surface area (Å²) in [4.78, 5) is 12.2. The largest absolute Gasteiger partial charge is 0.500 e. The first-order valence-electron chi connectivity index (χ1n) is 5.92. The summed E-state index contributed by atoms with van der Waals surface area (Å²) in [5, 5.41) is 2.79. The van der Waals surface area contributed by atoms with Crippen LogP contribution in [0.5, 0.6) is 0 Å². The van der Waals surface area contributed by atoms with Crippen molar-refractivity contribution < 1.29 is 9.53 Å². The molecule has 0 aromatic heterocycles. The topological polar surface area (TPSA) is 90.4 Å². The molecule has 1 aliphatic carbocycles. The Hall–Kier alpha value is -2.11. The van der Waals surface area contributed by atoms with Crippen molar-refractivity contribution in [3.8, 4) is 0 Å². The number of benzene rings is 1. The Morgan fingerprint density at radius 2 is 2.00 bits per heavy atom. The molecule has 0 spiro atoms. The summed E-state index contributed by atoms with van der Waals surface area (Å²) in [5.74, 6) is 0.246. The summed E-state index contributed by atoms with van der Waals surface area (Å²) in [6.07, 6.45) is 3.49. The van der Waals surface area contributed by atoms with Crippen LogP contribution >= 0.6 is 0 Å². The van der Waals surface area contributed by atoms with Crippen LogP contribution in [0.2, 0.25) is 0 Å². The second kappa shape index (κ2) is 5.26. The van der Waals surface area contributed by atoms with Crippen LogP contribution in [0, 0.1) is 0 Å². The molecule has 0 heterocycles. The highest BCUT2D eigenvalue weighted by Gasteiger charge is 2.27. The Morgan fingerprint density at radius 1 is 1.32 bits per heavy atom. The summed E-state index contributed by atoms with van der Waals surface area (Å²) < 4.78 is 5.21. The molecule has 100 valence electrons. The zero-order valence-electron chi connectivity index (χ0n) is 10.7. The number of carbonyl (C=O) groups excluding carboxylic acids is 1. The number of hydrogen-bond donors (Lipinski definition) is 3. The van der Waals surface area contributed by atoms with Gasteiger partial charge in [0.2, 0.25) is 0 Å². The molecule has 0 saturated heterocycles. The number of amides is 1. The third-order valence-corrected chi connectivity index (χ3v) is 2.85. The second-order valence-corrected chi connectivity index (χ2v) is 4.48. The fraction of sp³-hybridized carbons (Fsp3) is 0.214. The van der Waals surface area contributed by atoms with E-state index in [4.69, 9.17) is 16.2 Å². The maximum Gasteiger partial charge on any atom is 0.259 e. The first-order valence-corrected chi connectivity index (χ1v) is 5.92. The summed E-state index contributed by atoms with van der Waals surface area (Å²) in [6.45, 7) is 0. The molecule has 0 aliphatic heterocycles. The van der Waals surface area contributed by atoms with Crippen LogP contribution in [0.3, 0.4) is 0 Å². The Balaban J connectivity index is 2.19. The molecule has 0 unspecified atom stereocenters. The van der Waals surface area contributed by atoms with Crippen molar-refractivity contribution in [3.05, 3.63) is 53.8 Å². The SMILES string of the molecule is COC1=C(C(=O)Nc2ccccc2)C=CC(N)(N)C1. The number of ether oxygens (including phenoxy) is 1. The number of anilines is 1. The van der Waals surface area contributed by atoms with Crippen LogP contribution in [0.1, 0.15) is 6.42 Å². The van der Waals surface area contributed by atoms with Gasteiger partial charge in [0, 0.05) is 12.1 Å². The zero-order valence-corrected chi connectivity index (χ0v) is 10.7. The van der Waals surface area contributed by atoms with Crippen LogP contribution < -0.4 is 16.8 Å². The molecule has 1 aliphatic rings. The van der Waals surface area contributed by atoms with Crippen molar-refractivity contribution in [3.63, 3.8) is 0 Å². The molecule has 0 atom stereocenters. The minimum Gasteiger partial charge on any atom is -0.500 e. The molecule has 1 amide bonds. The van der Waals surface area contributed by atoms with Crippen molar-refractivity contribution in [2.24, 2.45) is 11.5 Å². The molecular weight excluding hydrogens is 242 g/mol. The van der Waals surface area contributed by atoms with Gasteiger partial charge >= 0.3 is 0 Å². The fourth-order valence-corrected chi connectivity index (χ4v) is 1.87. The highest BCUT2D eigenvalue weighted by atomic mass is 16.5. The van der Waals surface area contributed by atoms with Gasteiger partial charge in [-0.2, -0.15) is 0 Å². The molecule has 5 N–H and O–H groups in total. The van der Waals surface area contributed by atoms with Gasteiger partial charge in [0.05, 0.1) is 18.3 Å². The molecule has 0 saturated carbocycles. The normalized spacial score (nSPS) is 17.2. The summed E-state index contributed by atoms with van der Waals surface area (Å²) in [5.41, 5.74) is 11.8. The Kier molecular flexibility index (Phi) is 3.69. The van der Waals surface area contributed by atoms with Crippen molar-refractivity contribution in [2.75, 3.05) is 12.4 Å². The molecule has 19 heavy (non-hydrogen) atoms. The standard InChI is InChI=1S/C14H17N3O2/c1-19-12-9-14(15,16)8-7-11(12)13(18)17-10-5-3-2-4-6-10/h2-8H,9,15-16H2,1H3,(H,17,18). The maximum absolute atomic E-state index is 12.2. The van der Waals surface area contributed by atoms with Crippen LogP contribution in [0.15, 0.2) is 53.8 Å². The van der Waals surface area contributed by atoms with Crippen LogP contribution in [0.25, 0.3) is 0 Å². The number of methoxy groups -OCH3 is 1. The van der Waals surface area contributed by atoms with E-state index in [1.165, 1.54) is 7.11 Å². The van der Waals surface area contributed by atoms with E-state index in [2.05, 4.69) is 5.32 Å². The first-order chi connectivity index (χ1) is 9.02. The summed E-state index contributed by atoms with van der Waals surface area (Å²) in [6, 6.07) is 9.21. The van der Waals surface area contributed by atoms with Crippen LogP contribution in [-0.2, 0) is 9.53 Å². The van der Waals surface area contributed by atoms with Gasteiger partial charge in [0.1, 0.15) is 5.76 Å². The third-order valence-electron chi connectivity index (χ3n) is 2.85. The quantitative estimate of drug-likeness (QED) is 0.709. The van der Waals surface area contributed by atoms with Gasteiger partial charge in [-0.15, -0.1) is 0 Å². The van der Waals surface area contributed by atoms with E-state index < -0.39 is 5.66 Å². The number of nitrogens with one attached hydrogen (secondary N) is 1. The van der Waals surface area contributed by atoms with Crippen molar-refractivity contribution >= 4 is 11.6 Å². The highest BCUT2D eigenvalue weighted by molar-refractivity contribution is 6.06. The Labute approximate surface area is 111 Å². The van der Waals surface area contributed by atoms with Crippen LogP contribution in [0.4, 0.5) is 5.69 Å². The summed E-state index contributed by atoms with van der Waals surface area (Å²) in [7, 11) is 1.50. The molecule has 1 aromatic carbocycles. The Bertz CT molecular complexity index is 533. The molecule has 5 nitrogen and oxygen atoms in total. The lowest BCUT2D eigenvalue weighted by molar-refractivity contribution is -0.112. The predicted molar refractivity (Wildman–Crippen MR) is 74.0 cm³/mol. The maximum atomic E-state index is 12.2. The highest BCUT2D eigenvalue weighted by Crippen LogP contribution is 2.23. The van der Waals surface area contributed by atoms with Gasteiger partial charge in [-0.05, 0) is 24.3 Å². The van der Waals surface area contributed by atoms with Gasteiger partial charge in [0.25, 0.3) is 5.91 Å². The van der Waals surface area contributed by atoms with E-state index in [0.717, 1.165) is 5.69 Å². The molecule has 5 heteroatoms. The lowest BCUT2D eigenvalue weighted by atomic mass is 9.96. The molecular formula is C14H17N3O2. The number of hydrogen-bond acceptors (Lipinski definition) is 4. The average molecular weight is 259 g/mol. The zero-order chi connectivity index (χ0) is 13.9. The smallest absolute Gasteiger partial charge is 0.259 e. The Morgan fingerprint density at radius 3 is 2.63 bits per heavy atom. The lowest BCUT2D eigenvalue weighted by Gasteiger charge is -2.26. The van der Waals surface area contributed by atoms with Crippen molar-refractivity contribution in [1.29, 1.82) is 0 Å². The second-order valence-electron chi connectivity index (χ2n) is 4.48. The molecule has 0 bridgehead atoms. The molecule has 0 fully saturated rings. The van der Waals surface area contributed by atoms with Crippen molar-refractivity contribution in [1.82, 2.24) is 0 Å². The molecule has 2 rings (SSSR count). The first kappa shape index (κ1) is 13.3. The van der Waals surface area contributed by atoms with Gasteiger partial charge in [-0.25, -0.2) is 0 Å². The van der Waals surface area contributed by atoms with Gasteiger partial charge in [-0.1, -0.05) is 18.2 Å². The van der Waals surface area contributed by atoms with Crippen molar-refractivity contribution in [2.45, 2.75) is 12.1 Å². The van der Waals surface area contributed by atoms with Gasteiger partial charge in [0.15, 0.2) is 0 Å². The van der Waals surface area contributed by atoms with E-state index in [0.29, 0.717) is 11.3 Å². The van der Waals surface area contributed by atoms with E-state index in [-0.39, 0.29) is 12.3 Å². The summed E-state index contributed by atoms with van der Waals surface area (Å²) >= 11 is 0. The minimum atomic E-state index is -0.970. The monoisotopic (exact) mass is 259 g/mol. The van der Waals surface area contributed by atoms with Gasteiger partial charge < -0.3 is 21.5 Å². The minimum absolute atomic E-state index is 0.241.